The van der Waals surface area contributed by atoms with E-state index in [1.165, 1.54) is 4.31 Å². The summed E-state index contributed by atoms with van der Waals surface area (Å²) in [5.41, 5.74) is 0. The van der Waals surface area contributed by atoms with Crippen molar-refractivity contribution in [1.29, 1.82) is 0 Å². The van der Waals surface area contributed by atoms with Crippen molar-refractivity contribution >= 4 is 21.8 Å². The van der Waals surface area contributed by atoms with Crippen LogP contribution in [0.15, 0.2) is 0 Å². The number of sulfonamides is 1. The Bertz CT molecular complexity index is 532. The number of carbonyl (C=O) groups excluding carboxylic acids is 2. The number of hydrogen-bond acceptors (Lipinski definition) is 6. The molecule has 10 heteroatoms. The van der Waals surface area contributed by atoms with E-state index >= 15 is 0 Å². The van der Waals surface area contributed by atoms with Crippen LogP contribution in [0.5, 0.6) is 0 Å². The fourth-order valence-electron chi connectivity index (χ4n) is 2.42. The van der Waals surface area contributed by atoms with E-state index in [4.69, 9.17) is 9.47 Å². The molecule has 1 N–H and O–H groups in total. The molecule has 1 fully saturated rings. The molecule has 2 amide bonds. The van der Waals surface area contributed by atoms with Crippen molar-refractivity contribution in [1.82, 2.24) is 14.5 Å². The minimum absolute atomic E-state index is 0.0344. The first-order valence-corrected chi connectivity index (χ1v) is 10.7. The maximum Gasteiger partial charge on any atom is 0.248 e. The van der Waals surface area contributed by atoms with E-state index in [1.54, 1.807) is 4.90 Å². The monoisotopic (exact) mass is 393 g/mol. The van der Waals surface area contributed by atoms with Gasteiger partial charge in [-0.25, -0.2) is 8.42 Å². The van der Waals surface area contributed by atoms with Gasteiger partial charge in [-0.1, -0.05) is 13.8 Å². The smallest absolute Gasteiger partial charge is 0.248 e. The van der Waals surface area contributed by atoms with Gasteiger partial charge in [-0.3, -0.25) is 9.59 Å². The van der Waals surface area contributed by atoms with Crippen LogP contribution in [0.3, 0.4) is 0 Å². The van der Waals surface area contributed by atoms with E-state index in [-0.39, 0.29) is 50.4 Å². The van der Waals surface area contributed by atoms with E-state index in [0.29, 0.717) is 26.3 Å². The summed E-state index contributed by atoms with van der Waals surface area (Å²) in [5, 5.41) is 2.54. The van der Waals surface area contributed by atoms with Crippen LogP contribution in [-0.2, 0) is 29.1 Å². The van der Waals surface area contributed by atoms with Gasteiger partial charge in [0.2, 0.25) is 21.8 Å². The van der Waals surface area contributed by atoms with Crippen LogP contribution < -0.4 is 5.32 Å². The zero-order valence-electron chi connectivity index (χ0n) is 15.7. The highest BCUT2D eigenvalue weighted by Gasteiger charge is 2.28. The first-order valence-electron chi connectivity index (χ1n) is 9.08. The highest BCUT2D eigenvalue weighted by atomic mass is 32.2. The van der Waals surface area contributed by atoms with E-state index in [2.05, 4.69) is 5.32 Å². The summed E-state index contributed by atoms with van der Waals surface area (Å²) in [6.07, 6.45) is 1.67. The van der Waals surface area contributed by atoms with Gasteiger partial charge in [-0.05, 0) is 12.8 Å². The van der Waals surface area contributed by atoms with Crippen LogP contribution in [0.4, 0.5) is 0 Å². The molecule has 1 heterocycles. The lowest BCUT2D eigenvalue weighted by atomic mass is 10.3. The summed E-state index contributed by atoms with van der Waals surface area (Å²) in [5.74, 6) is -0.605. The predicted octanol–water partition coefficient (Wildman–Crippen LogP) is -0.570. The molecule has 0 spiro atoms. The average Bonchev–Trinajstić information content (AvgIpc) is 2.62. The molecule has 9 nitrogen and oxygen atoms in total. The van der Waals surface area contributed by atoms with Gasteiger partial charge >= 0.3 is 0 Å². The molecule has 0 aromatic carbocycles. The molecule has 0 aromatic rings. The lowest BCUT2D eigenvalue weighted by molar-refractivity contribution is -0.137. The Hall–Kier alpha value is -1.23. The number of carbonyl (C=O) groups is 2. The largest absolute Gasteiger partial charge is 0.372 e. The van der Waals surface area contributed by atoms with Crippen LogP contribution >= 0.6 is 0 Å². The van der Waals surface area contributed by atoms with Crippen molar-refractivity contribution < 1.29 is 27.5 Å². The van der Waals surface area contributed by atoms with Crippen LogP contribution in [0.1, 0.15) is 26.7 Å². The van der Waals surface area contributed by atoms with Crippen molar-refractivity contribution in [3.8, 4) is 0 Å². The molecule has 1 saturated heterocycles. The maximum absolute atomic E-state index is 12.3. The van der Waals surface area contributed by atoms with Crippen LogP contribution in [0.25, 0.3) is 0 Å². The predicted molar refractivity (Wildman–Crippen MR) is 97.2 cm³/mol. The molecule has 0 saturated carbocycles. The number of piperazine rings is 1. The van der Waals surface area contributed by atoms with E-state index in [0.717, 1.165) is 12.8 Å². The van der Waals surface area contributed by atoms with Crippen molar-refractivity contribution in [3.63, 3.8) is 0 Å². The van der Waals surface area contributed by atoms with Gasteiger partial charge in [0.25, 0.3) is 0 Å². The summed E-state index contributed by atoms with van der Waals surface area (Å²) in [6.45, 7) is 6.18. The second kappa shape index (κ2) is 12.2. The van der Waals surface area contributed by atoms with Gasteiger partial charge in [0, 0.05) is 45.9 Å². The number of ether oxygens (including phenoxy) is 2. The van der Waals surface area contributed by atoms with Gasteiger partial charge in [0.15, 0.2) is 0 Å². The number of rotatable bonds is 12. The Morgan fingerprint density at radius 3 is 2.12 bits per heavy atom. The fraction of sp³-hybridized carbons (Fsp3) is 0.875. The molecule has 26 heavy (non-hydrogen) atoms. The Morgan fingerprint density at radius 1 is 0.962 bits per heavy atom. The fourth-order valence-corrected chi connectivity index (χ4v) is 3.76. The Morgan fingerprint density at radius 2 is 1.54 bits per heavy atom. The van der Waals surface area contributed by atoms with Gasteiger partial charge in [0.1, 0.15) is 13.2 Å². The van der Waals surface area contributed by atoms with Crippen LogP contribution in [0.2, 0.25) is 0 Å². The van der Waals surface area contributed by atoms with Crippen molar-refractivity contribution in [2.75, 3.05) is 64.9 Å². The number of nitrogens with one attached hydrogen (secondary N) is 1. The van der Waals surface area contributed by atoms with Crippen molar-refractivity contribution in [3.05, 3.63) is 0 Å². The van der Waals surface area contributed by atoms with E-state index < -0.39 is 10.0 Å². The zero-order chi connectivity index (χ0) is 19.4. The van der Waals surface area contributed by atoms with Gasteiger partial charge in [-0.15, -0.1) is 0 Å². The van der Waals surface area contributed by atoms with Gasteiger partial charge in [0.05, 0.1) is 5.75 Å². The third kappa shape index (κ3) is 8.43. The molecule has 0 aromatic heterocycles. The second-order valence-electron chi connectivity index (χ2n) is 6.05. The molecular weight excluding hydrogens is 362 g/mol. The number of hydrogen-bond donors (Lipinski definition) is 1. The lowest BCUT2D eigenvalue weighted by Crippen LogP contribution is -2.52. The molecule has 0 bridgehead atoms. The van der Waals surface area contributed by atoms with Crippen molar-refractivity contribution in [2.45, 2.75) is 26.7 Å². The molecule has 1 aliphatic heterocycles. The van der Waals surface area contributed by atoms with Crippen molar-refractivity contribution in [2.24, 2.45) is 0 Å². The Balaban J connectivity index is 2.29. The number of amides is 2. The minimum atomic E-state index is -3.47. The lowest BCUT2D eigenvalue weighted by Gasteiger charge is -2.34. The molecule has 0 unspecified atom stereocenters. The molecule has 0 radical (unpaired) electrons. The van der Waals surface area contributed by atoms with Gasteiger partial charge in [-0.2, -0.15) is 4.31 Å². The first kappa shape index (κ1) is 22.8. The minimum Gasteiger partial charge on any atom is -0.372 e. The molecule has 1 aliphatic rings. The normalized spacial score (nSPS) is 15.8. The van der Waals surface area contributed by atoms with E-state index in [9.17, 15) is 18.0 Å². The quantitative estimate of drug-likeness (QED) is 0.445. The standard InChI is InChI=1S/C16H31N3O6S/c1-3-10-24-13-15(20)17-5-12-26(22,23)19-8-6-18(7-9-19)16(21)14-25-11-4-2/h3-14H2,1-2H3,(H,17,20). The number of nitrogens with zero attached hydrogens (tertiary/aromatic N) is 2. The molecular formula is C16H31N3O6S. The zero-order valence-corrected chi connectivity index (χ0v) is 16.6. The Kier molecular flexibility index (Phi) is 10.7. The summed E-state index contributed by atoms with van der Waals surface area (Å²) in [7, 11) is -3.47. The van der Waals surface area contributed by atoms with E-state index in [1.807, 2.05) is 13.8 Å². The molecule has 152 valence electrons. The molecule has 0 atom stereocenters. The summed E-state index contributed by atoms with van der Waals surface area (Å²) < 4.78 is 36.3. The average molecular weight is 394 g/mol. The maximum atomic E-state index is 12.3. The second-order valence-corrected chi connectivity index (χ2v) is 8.14. The van der Waals surface area contributed by atoms with Crippen LogP contribution in [-0.4, -0.2) is 94.3 Å². The molecule has 0 aliphatic carbocycles. The third-order valence-corrected chi connectivity index (χ3v) is 5.69. The summed E-state index contributed by atoms with van der Waals surface area (Å²) in [6, 6.07) is 0. The SMILES string of the molecule is CCCOCC(=O)NCCS(=O)(=O)N1CCN(C(=O)COCCC)CC1. The van der Waals surface area contributed by atoms with Gasteiger partial charge < -0.3 is 19.7 Å². The van der Waals surface area contributed by atoms with Crippen LogP contribution in [0, 0.1) is 0 Å². The summed E-state index contributed by atoms with van der Waals surface area (Å²) >= 11 is 0. The topological polar surface area (TPSA) is 105 Å². The highest BCUT2D eigenvalue weighted by molar-refractivity contribution is 7.89. The first-order chi connectivity index (χ1) is 12.4. The summed E-state index contributed by atoms with van der Waals surface area (Å²) in [4.78, 5) is 25.1. The Labute approximate surface area is 156 Å². The highest BCUT2D eigenvalue weighted by Crippen LogP contribution is 2.08. The molecule has 1 rings (SSSR count). The third-order valence-electron chi connectivity index (χ3n) is 3.82.